The molecule has 1 amide bonds. The number of rotatable bonds is 4. The first-order valence-corrected chi connectivity index (χ1v) is 8.34. The van der Waals surface area contributed by atoms with E-state index < -0.39 is 21.8 Å². The van der Waals surface area contributed by atoms with Crippen molar-refractivity contribution in [2.24, 2.45) is 0 Å². The highest BCUT2D eigenvalue weighted by Crippen LogP contribution is 2.38. The van der Waals surface area contributed by atoms with Crippen molar-refractivity contribution >= 4 is 38.7 Å². The second-order valence-electron chi connectivity index (χ2n) is 4.83. The lowest BCUT2D eigenvalue weighted by molar-refractivity contribution is -0.123. The predicted octanol–water partition coefficient (Wildman–Crippen LogP) is 0.806. The quantitative estimate of drug-likeness (QED) is 0.858. The van der Waals surface area contributed by atoms with Crippen molar-refractivity contribution < 1.29 is 18.3 Å². The summed E-state index contributed by atoms with van der Waals surface area (Å²) in [4.78, 5) is 13.1. The SMILES string of the molecule is CN(CCS(C)(=O)=O)c1cc2c(cc1Cl)C(O)C(=O)N2. The molecular formula is C12H15ClN2O4S. The van der Waals surface area contributed by atoms with Crippen molar-refractivity contribution in [3.05, 3.63) is 22.7 Å². The minimum absolute atomic E-state index is 0.00585. The number of fused-ring (bicyclic) bond motifs is 1. The summed E-state index contributed by atoms with van der Waals surface area (Å²) in [6.45, 7) is 0.286. The third-order valence-corrected chi connectivity index (χ3v) is 4.36. The maximum absolute atomic E-state index is 11.4. The van der Waals surface area contributed by atoms with Crippen LogP contribution < -0.4 is 10.2 Å². The first kappa shape index (κ1) is 15.1. The maximum Gasteiger partial charge on any atom is 0.257 e. The third kappa shape index (κ3) is 3.05. The predicted molar refractivity (Wildman–Crippen MR) is 78.0 cm³/mol. The number of benzene rings is 1. The number of nitrogens with zero attached hydrogens (tertiary/aromatic N) is 1. The van der Waals surface area contributed by atoms with Gasteiger partial charge >= 0.3 is 0 Å². The number of halogens is 1. The molecule has 1 aromatic carbocycles. The third-order valence-electron chi connectivity index (χ3n) is 3.13. The van der Waals surface area contributed by atoms with Crippen LogP contribution in [0.2, 0.25) is 5.02 Å². The van der Waals surface area contributed by atoms with E-state index in [-0.39, 0.29) is 12.3 Å². The van der Waals surface area contributed by atoms with Crippen LogP contribution in [0.15, 0.2) is 12.1 Å². The van der Waals surface area contributed by atoms with Crippen LogP contribution >= 0.6 is 11.6 Å². The van der Waals surface area contributed by atoms with Gasteiger partial charge in [-0.05, 0) is 12.1 Å². The Hall–Kier alpha value is -1.31. The molecule has 1 unspecified atom stereocenters. The average molecular weight is 319 g/mol. The Kier molecular flexibility index (Phi) is 3.95. The van der Waals surface area contributed by atoms with Gasteiger partial charge in [-0.2, -0.15) is 0 Å². The number of anilines is 2. The molecule has 0 saturated carbocycles. The molecule has 2 rings (SSSR count). The molecule has 1 aliphatic rings. The van der Waals surface area contributed by atoms with Crippen molar-refractivity contribution in [3.63, 3.8) is 0 Å². The van der Waals surface area contributed by atoms with Gasteiger partial charge in [-0.1, -0.05) is 11.6 Å². The molecule has 0 saturated heterocycles. The van der Waals surface area contributed by atoms with Crippen molar-refractivity contribution in [3.8, 4) is 0 Å². The standard InChI is InChI=1S/C12H15ClN2O4S/c1-15(3-4-20(2,18)19)10-6-9-7(5-8(10)13)11(16)12(17)14-9/h5-6,11,16H,3-4H2,1-2H3,(H,14,17). The summed E-state index contributed by atoms with van der Waals surface area (Å²) < 4.78 is 22.4. The Morgan fingerprint density at radius 3 is 2.70 bits per heavy atom. The molecular weight excluding hydrogens is 304 g/mol. The van der Waals surface area contributed by atoms with Gasteiger partial charge in [0.2, 0.25) is 0 Å². The highest BCUT2D eigenvalue weighted by molar-refractivity contribution is 7.90. The lowest BCUT2D eigenvalue weighted by atomic mass is 10.1. The topological polar surface area (TPSA) is 86.7 Å². The summed E-state index contributed by atoms with van der Waals surface area (Å²) in [5.41, 5.74) is 1.52. The molecule has 6 nitrogen and oxygen atoms in total. The number of aliphatic hydroxyl groups is 1. The minimum Gasteiger partial charge on any atom is -0.378 e. The fourth-order valence-corrected chi connectivity index (χ4v) is 2.89. The molecule has 1 aromatic rings. The van der Waals surface area contributed by atoms with E-state index in [9.17, 15) is 18.3 Å². The van der Waals surface area contributed by atoms with Gasteiger partial charge in [-0.15, -0.1) is 0 Å². The average Bonchev–Trinajstić information content (AvgIpc) is 2.61. The molecule has 0 spiro atoms. The van der Waals surface area contributed by atoms with Crippen molar-refractivity contribution in [2.75, 3.05) is 35.8 Å². The number of carbonyl (C=O) groups is 1. The van der Waals surface area contributed by atoms with Crippen LogP contribution in [0.25, 0.3) is 0 Å². The fraction of sp³-hybridized carbons (Fsp3) is 0.417. The normalized spacial score (nSPS) is 17.8. The zero-order valence-corrected chi connectivity index (χ0v) is 12.6. The van der Waals surface area contributed by atoms with Crippen molar-refractivity contribution in [1.82, 2.24) is 0 Å². The van der Waals surface area contributed by atoms with Gasteiger partial charge in [0.15, 0.2) is 6.10 Å². The van der Waals surface area contributed by atoms with Gasteiger partial charge in [-0.3, -0.25) is 4.79 Å². The molecule has 1 aliphatic heterocycles. The van der Waals surface area contributed by atoms with Crippen LogP contribution in [0.5, 0.6) is 0 Å². The van der Waals surface area contributed by atoms with E-state index in [2.05, 4.69) is 5.32 Å². The maximum atomic E-state index is 11.4. The van der Waals surface area contributed by atoms with E-state index in [4.69, 9.17) is 11.6 Å². The van der Waals surface area contributed by atoms with Gasteiger partial charge < -0.3 is 15.3 Å². The molecule has 2 N–H and O–H groups in total. The lowest BCUT2D eigenvalue weighted by Gasteiger charge is -2.21. The lowest BCUT2D eigenvalue weighted by Crippen LogP contribution is -2.25. The number of amides is 1. The number of hydrogen-bond acceptors (Lipinski definition) is 5. The van der Waals surface area contributed by atoms with Gasteiger partial charge in [0.1, 0.15) is 9.84 Å². The Balaban J connectivity index is 2.26. The zero-order valence-electron chi connectivity index (χ0n) is 11.1. The fourth-order valence-electron chi connectivity index (χ4n) is 1.97. The largest absolute Gasteiger partial charge is 0.378 e. The molecule has 0 aliphatic carbocycles. The zero-order chi connectivity index (χ0) is 15.1. The molecule has 8 heteroatoms. The first-order valence-electron chi connectivity index (χ1n) is 5.90. The molecule has 0 aromatic heterocycles. The minimum atomic E-state index is -3.06. The van der Waals surface area contributed by atoms with E-state index >= 15 is 0 Å². The Morgan fingerprint density at radius 1 is 1.45 bits per heavy atom. The van der Waals surface area contributed by atoms with Crippen LogP contribution in [-0.4, -0.2) is 45.0 Å². The van der Waals surface area contributed by atoms with Crippen LogP contribution in [0.1, 0.15) is 11.7 Å². The smallest absolute Gasteiger partial charge is 0.257 e. The summed E-state index contributed by atoms with van der Waals surface area (Å²) in [5.74, 6) is -0.488. The van der Waals surface area contributed by atoms with Crippen LogP contribution in [0.3, 0.4) is 0 Å². The van der Waals surface area contributed by atoms with Gasteiger partial charge in [-0.25, -0.2) is 8.42 Å². The molecule has 20 heavy (non-hydrogen) atoms. The van der Waals surface area contributed by atoms with E-state index in [0.717, 1.165) is 0 Å². The van der Waals surface area contributed by atoms with Gasteiger partial charge in [0.25, 0.3) is 5.91 Å². The monoisotopic (exact) mass is 318 g/mol. The molecule has 1 atom stereocenters. The summed E-state index contributed by atoms with van der Waals surface area (Å²) in [6, 6.07) is 3.15. The van der Waals surface area contributed by atoms with Crippen LogP contribution in [0.4, 0.5) is 11.4 Å². The highest BCUT2D eigenvalue weighted by Gasteiger charge is 2.30. The van der Waals surface area contributed by atoms with Crippen LogP contribution in [0, 0.1) is 0 Å². The van der Waals surface area contributed by atoms with Gasteiger partial charge in [0.05, 0.1) is 16.5 Å². The van der Waals surface area contributed by atoms with E-state index in [1.165, 1.54) is 12.3 Å². The van der Waals surface area contributed by atoms with E-state index in [1.807, 2.05) is 0 Å². The summed E-state index contributed by atoms with van der Waals surface area (Å²) in [6.07, 6.45) is -0.0419. The number of hydrogen-bond donors (Lipinski definition) is 2. The second-order valence-corrected chi connectivity index (χ2v) is 7.50. The number of carbonyl (C=O) groups excluding carboxylic acids is 1. The van der Waals surface area contributed by atoms with Crippen molar-refractivity contribution in [1.29, 1.82) is 0 Å². The molecule has 0 fully saturated rings. The van der Waals surface area contributed by atoms with Gasteiger partial charge in [0, 0.05) is 31.1 Å². The number of nitrogens with one attached hydrogen (secondary N) is 1. The molecule has 1 heterocycles. The first-order chi connectivity index (χ1) is 9.19. The van der Waals surface area contributed by atoms with E-state index in [0.29, 0.717) is 22.0 Å². The summed E-state index contributed by atoms with van der Waals surface area (Å²) >= 11 is 6.12. The highest BCUT2D eigenvalue weighted by atomic mass is 35.5. The summed E-state index contributed by atoms with van der Waals surface area (Å²) in [5, 5.41) is 12.6. The molecule has 110 valence electrons. The number of sulfone groups is 1. The number of aliphatic hydroxyl groups excluding tert-OH is 1. The second kappa shape index (κ2) is 5.23. The summed E-state index contributed by atoms with van der Waals surface area (Å²) in [7, 11) is -1.35. The van der Waals surface area contributed by atoms with Crippen molar-refractivity contribution in [2.45, 2.75) is 6.10 Å². The Labute approximate surface area is 122 Å². The molecule has 0 radical (unpaired) electrons. The Bertz CT molecular complexity index is 660. The Morgan fingerprint density at radius 2 is 2.10 bits per heavy atom. The molecule has 0 bridgehead atoms. The van der Waals surface area contributed by atoms with E-state index in [1.54, 1.807) is 18.0 Å². The van der Waals surface area contributed by atoms with Crippen LogP contribution in [-0.2, 0) is 14.6 Å².